The Morgan fingerprint density at radius 3 is 2.66 bits per heavy atom. The van der Waals surface area contributed by atoms with Crippen LogP contribution < -0.4 is 20.9 Å². The highest BCUT2D eigenvalue weighted by Gasteiger charge is 2.48. The van der Waals surface area contributed by atoms with Gasteiger partial charge in [-0.15, -0.1) is 0 Å². The van der Waals surface area contributed by atoms with E-state index in [1.165, 1.54) is 10.6 Å². The van der Waals surface area contributed by atoms with Crippen LogP contribution in [0.15, 0.2) is 16.9 Å². The second-order valence-electron chi connectivity index (χ2n) is 9.38. The maximum atomic E-state index is 13.2. The zero-order valence-corrected chi connectivity index (χ0v) is 18.6. The molecule has 2 aliphatic heterocycles. The third kappa shape index (κ3) is 3.70. The van der Waals surface area contributed by atoms with Gasteiger partial charge in [0.05, 0.1) is 22.8 Å². The van der Waals surface area contributed by atoms with Crippen LogP contribution >= 0.6 is 0 Å². The molecule has 3 aliphatic rings. The van der Waals surface area contributed by atoms with Crippen LogP contribution in [0.1, 0.15) is 48.1 Å². The molecule has 1 aromatic heterocycles. The molecule has 2 aromatic rings. The van der Waals surface area contributed by atoms with Gasteiger partial charge in [0.2, 0.25) is 0 Å². The molecular formula is C23H21F3N4O5. The van der Waals surface area contributed by atoms with Crippen LogP contribution in [-0.4, -0.2) is 47.9 Å². The Balaban J connectivity index is 1.64. The predicted molar refractivity (Wildman–Crippen MR) is 116 cm³/mol. The number of nitrogens with zero attached hydrogens (tertiary/aromatic N) is 3. The fraction of sp³-hybridized carbons (Fsp3) is 0.478. The van der Waals surface area contributed by atoms with E-state index in [9.17, 15) is 32.8 Å². The molecular weight excluding hydrogens is 469 g/mol. The van der Waals surface area contributed by atoms with Gasteiger partial charge in [0.1, 0.15) is 18.2 Å². The molecule has 1 aromatic carbocycles. The van der Waals surface area contributed by atoms with Crippen molar-refractivity contribution in [2.75, 3.05) is 24.6 Å². The van der Waals surface area contributed by atoms with Crippen LogP contribution in [0, 0.1) is 17.2 Å². The quantitative estimate of drug-likeness (QED) is 0.513. The van der Waals surface area contributed by atoms with Crippen molar-refractivity contribution in [2.45, 2.75) is 43.9 Å². The summed E-state index contributed by atoms with van der Waals surface area (Å²) in [5.41, 5.74) is 5.60. The van der Waals surface area contributed by atoms with Gasteiger partial charge in [-0.3, -0.25) is 9.36 Å². The summed E-state index contributed by atoms with van der Waals surface area (Å²) < 4.78 is 48.8. The number of carbonyl (C=O) groups is 2. The minimum atomic E-state index is -5.40. The lowest BCUT2D eigenvalue weighted by molar-refractivity contribution is -0.193. The van der Waals surface area contributed by atoms with Crippen molar-refractivity contribution < 1.29 is 32.2 Å². The van der Waals surface area contributed by atoms with E-state index in [0.717, 1.165) is 25.3 Å². The van der Waals surface area contributed by atoms with Crippen LogP contribution in [0.5, 0.6) is 5.75 Å². The molecule has 0 bridgehead atoms. The average Bonchev–Trinajstić information content (AvgIpc) is 3.35. The summed E-state index contributed by atoms with van der Waals surface area (Å²) in [5, 5.41) is 10.1. The Morgan fingerprint density at radius 2 is 2.03 bits per heavy atom. The highest BCUT2D eigenvalue weighted by molar-refractivity contribution is 6.02. The smallest absolute Gasteiger partial charge is 0.487 e. The number of pyridine rings is 1. The summed E-state index contributed by atoms with van der Waals surface area (Å²) >= 11 is 0. The number of carbonyl (C=O) groups excluding carboxylic acids is 2. The summed E-state index contributed by atoms with van der Waals surface area (Å²) in [6.45, 7) is 2.94. The van der Waals surface area contributed by atoms with Gasteiger partial charge in [-0.2, -0.15) is 18.4 Å². The van der Waals surface area contributed by atoms with E-state index in [4.69, 9.17) is 10.5 Å². The second-order valence-corrected chi connectivity index (χ2v) is 9.38. The number of halogens is 3. The molecule has 5 rings (SSSR count). The number of hydrogen-bond acceptors (Lipinski definition) is 8. The number of nitrogens with two attached hydrogens (primary N) is 1. The molecule has 0 spiro atoms. The molecule has 2 N–H and O–H groups in total. The lowest BCUT2D eigenvalue weighted by atomic mass is 9.97. The van der Waals surface area contributed by atoms with Crippen molar-refractivity contribution in [3.05, 3.63) is 33.6 Å². The minimum Gasteiger partial charge on any atom is -0.487 e. The number of rotatable bonds is 3. The number of alkyl halides is 3. The van der Waals surface area contributed by atoms with Crippen LogP contribution in [-0.2, 0) is 9.53 Å². The van der Waals surface area contributed by atoms with Gasteiger partial charge in [-0.05, 0) is 44.2 Å². The highest BCUT2D eigenvalue weighted by Crippen LogP contribution is 2.48. The monoisotopic (exact) mass is 490 g/mol. The largest absolute Gasteiger partial charge is 0.491 e. The summed E-state index contributed by atoms with van der Waals surface area (Å²) in [6, 6.07) is 4.03. The van der Waals surface area contributed by atoms with Crippen LogP contribution in [0.3, 0.4) is 0 Å². The Hall–Kier alpha value is -3.59. The molecule has 0 amide bonds. The topological polar surface area (TPSA) is 128 Å². The molecule has 1 saturated carbocycles. The molecule has 184 valence electrons. The number of nitriles is 1. The van der Waals surface area contributed by atoms with Gasteiger partial charge >= 0.3 is 18.1 Å². The van der Waals surface area contributed by atoms with E-state index < -0.39 is 35.3 Å². The molecule has 9 nitrogen and oxygen atoms in total. The van der Waals surface area contributed by atoms with Gasteiger partial charge in [0.15, 0.2) is 5.75 Å². The van der Waals surface area contributed by atoms with Gasteiger partial charge in [0.25, 0.3) is 5.56 Å². The lowest BCUT2D eigenvalue weighted by Crippen LogP contribution is -2.37. The van der Waals surface area contributed by atoms with E-state index in [2.05, 4.69) is 10.8 Å². The first-order chi connectivity index (χ1) is 16.4. The van der Waals surface area contributed by atoms with E-state index in [1.807, 2.05) is 4.90 Å². The summed E-state index contributed by atoms with van der Waals surface area (Å²) in [7, 11) is 0. The van der Waals surface area contributed by atoms with E-state index >= 15 is 0 Å². The molecule has 2 fully saturated rings. The lowest BCUT2D eigenvalue weighted by Gasteiger charge is -2.31. The van der Waals surface area contributed by atoms with Crippen molar-refractivity contribution in [1.29, 1.82) is 5.26 Å². The number of benzene rings is 1. The first kappa shape index (κ1) is 23.2. The SMILES string of the molecule is C[C@H]1COc2c(N3CC[C@@H](C4(N)CC4)C3)c(C#N)cc3cc(C(=O)OC(=O)C(F)(F)F)c(=O)n1c23. The Bertz CT molecular complexity index is 1370. The third-order valence-electron chi connectivity index (χ3n) is 7.06. The number of aromatic nitrogens is 1. The van der Waals surface area contributed by atoms with Crippen LogP contribution in [0.4, 0.5) is 18.9 Å². The molecule has 0 radical (unpaired) electrons. The standard InChI is InChI=1S/C23H21F3N4O5/c1-11-10-34-18-16(29-5-2-14(9-29)22(28)3-4-22)13(8-27)6-12-7-15(19(31)30(11)17(12)18)20(32)35-21(33)23(24,25)26/h6-7,11,14H,2-5,9-10,28H2,1H3/t11-,14+/m0/s1. The number of esters is 2. The van der Waals surface area contributed by atoms with E-state index in [1.54, 1.807) is 6.92 Å². The molecule has 12 heteroatoms. The Labute approximate surface area is 196 Å². The van der Waals surface area contributed by atoms with Crippen molar-refractivity contribution in [3.8, 4) is 11.8 Å². The number of hydrogen-bond donors (Lipinski definition) is 1. The molecule has 35 heavy (non-hydrogen) atoms. The van der Waals surface area contributed by atoms with Gasteiger partial charge in [-0.1, -0.05) is 0 Å². The second kappa shape index (κ2) is 7.71. The normalized spacial score (nSPS) is 22.5. The van der Waals surface area contributed by atoms with E-state index in [0.29, 0.717) is 30.0 Å². The average molecular weight is 490 g/mol. The van der Waals surface area contributed by atoms with Gasteiger partial charge in [0, 0.05) is 24.0 Å². The van der Waals surface area contributed by atoms with Crippen molar-refractivity contribution >= 4 is 28.5 Å². The summed E-state index contributed by atoms with van der Waals surface area (Å²) in [6.07, 6.45) is -2.65. The Morgan fingerprint density at radius 1 is 1.31 bits per heavy atom. The number of anilines is 1. The first-order valence-electron chi connectivity index (χ1n) is 11.1. The third-order valence-corrected chi connectivity index (χ3v) is 7.06. The van der Waals surface area contributed by atoms with Gasteiger partial charge in [-0.25, -0.2) is 9.59 Å². The molecule has 1 aliphatic carbocycles. The molecule has 3 heterocycles. The first-order valence-corrected chi connectivity index (χ1v) is 11.1. The zero-order valence-electron chi connectivity index (χ0n) is 18.6. The van der Waals surface area contributed by atoms with Crippen LogP contribution in [0.2, 0.25) is 0 Å². The fourth-order valence-corrected chi connectivity index (χ4v) is 5.03. The maximum Gasteiger partial charge on any atom is 0.491 e. The molecule has 0 unspecified atom stereocenters. The minimum absolute atomic E-state index is 0.0297. The molecule has 1 saturated heterocycles. The van der Waals surface area contributed by atoms with Crippen molar-refractivity contribution in [1.82, 2.24) is 4.57 Å². The zero-order chi connectivity index (χ0) is 25.3. The van der Waals surface area contributed by atoms with Crippen LogP contribution in [0.25, 0.3) is 10.9 Å². The summed E-state index contributed by atoms with van der Waals surface area (Å²) in [5.74, 6) is -3.89. The number of ether oxygens (including phenoxy) is 2. The molecule has 2 atom stereocenters. The predicted octanol–water partition coefficient (Wildman–Crippen LogP) is 2.39. The highest BCUT2D eigenvalue weighted by atomic mass is 19.4. The van der Waals surface area contributed by atoms with E-state index in [-0.39, 0.29) is 29.0 Å². The van der Waals surface area contributed by atoms with Gasteiger partial charge < -0.3 is 20.1 Å². The van der Waals surface area contributed by atoms with Crippen molar-refractivity contribution in [2.24, 2.45) is 11.7 Å². The van der Waals surface area contributed by atoms with Crippen molar-refractivity contribution in [3.63, 3.8) is 0 Å². The Kier molecular flexibility index (Phi) is 5.10. The fourth-order valence-electron chi connectivity index (χ4n) is 5.03. The summed E-state index contributed by atoms with van der Waals surface area (Å²) in [4.78, 5) is 38.7. The maximum absolute atomic E-state index is 13.2.